The van der Waals surface area contributed by atoms with Gasteiger partial charge in [0.05, 0.1) is 0 Å². The summed E-state index contributed by atoms with van der Waals surface area (Å²) < 4.78 is 5.33. The SMILES string of the molecule is CC(C)NC(=O)Nc1ccc(CNC(=O)C2CCCO2)cc1. The fourth-order valence-electron chi connectivity index (χ4n) is 2.22. The van der Waals surface area contributed by atoms with Gasteiger partial charge in [0, 0.05) is 24.9 Å². The Bertz CT molecular complexity index is 508. The third kappa shape index (κ3) is 5.04. The van der Waals surface area contributed by atoms with Crippen molar-refractivity contribution in [2.75, 3.05) is 11.9 Å². The molecule has 6 nitrogen and oxygen atoms in total. The van der Waals surface area contributed by atoms with Gasteiger partial charge in [-0.1, -0.05) is 12.1 Å². The minimum absolute atomic E-state index is 0.0592. The monoisotopic (exact) mass is 305 g/mol. The van der Waals surface area contributed by atoms with E-state index in [1.54, 1.807) is 0 Å². The molecule has 1 fully saturated rings. The largest absolute Gasteiger partial charge is 0.368 e. The number of urea groups is 1. The van der Waals surface area contributed by atoms with E-state index in [4.69, 9.17) is 4.74 Å². The highest BCUT2D eigenvalue weighted by Gasteiger charge is 2.22. The second-order valence-electron chi connectivity index (χ2n) is 5.67. The molecule has 2 rings (SSSR count). The van der Waals surface area contributed by atoms with Gasteiger partial charge >= 0.3 is 6.03 Å². The molecule has 3 N–H and O–H groups in total. The summed E-state index contributed by atoms with van der Waals surface area (Å²) in [6, 6.07) is 7.24. The van der Waals surface area contributed by atoms with Crippen LogP contribution in [-0.4, -0.2) is 30.7 Å². The first-order valence-electron chi connectivity index (χ1n) is 7.60. The van der Waals surface area contributed by atoms with Crippen LogP contribution in [0.15, 0.2) is 24.3 Å². The Morgan fingerprint density at radius 2 is 2.00 bits per heavy atom. The van der Waals surface area contributed by atoms with E-state index in [1.807, 2.05) is 38.1 Å². The number of carbonyl (C=O) groups excluding carboxylic acids is 2. The molecule has 1 aromatic rings. The lowest BCUT2D eigenvalue weighted by Gasteiger charge is -2.12. The second kappa shape index (κ2) is 7.79. The number of carbonyl (C=O) groups is 2. The number of hydrogen-bond acceptors (Lipinski definition) is 3. The maximum atomic E-state index is 11.8. The van der Waals surface area contributed by atoms with Gasteiger partial charge in [0.1, 0.15) is 6.10 Å². The van der Waals surface area contributed by atoms with Gasteiger partial charge in [-0.2, -0.15) is 0 Å². The first kappa shape index (κ1) is 16.3. The number of rotatable bonds is 5. The molecule has 1 unspecified atom stereocenters. The average Bonchev–Trinajstić information content (AvgIpc) is 2.99. The number of benzene rings is 1. The Hall–Kier alpha value is -2.08. The van der Waals surface area contributed by atoms with Crippen molar-refractivity contribution in [3.8, 4) is 0 Å². The van der Waals surface area contributed by atoms with Gasteiger partial charge in [0.2, 0.25) is 5.91 Å². The first-order chi connectivity index (χ1) is 10.5. The third-order valence-corrected chi connectivity index (χ3v) is 3.32. The van der Waals surface area contributed by atoms with Crippen molar-refractivity contribution in [1.29, 1.82) is 0 Å². The van der Waals surface area contributed by atoms with Crippen LogP contribution in [0.4, 0.5) is 10.5 Å². The number of hydrogen-bond donors (Lipinski definition) is 3. The smallest absolute Gasteiger partial charge is 0.319 e. The number of ether oxygens (including phenoxy) is 1. The van der Waals surface area contributed by atoms with Crippen molar-refractivity contribution in [1.82, 2.24) is 10.6 Å². The quantitative estimate of drug-likeness (QED) is 0.778. The van der Waals surface area contributed by atoms with Crippen LogP contribution in [0.25, 0.3) is 0 Å². The van der Waals surface area contributed by atoms with Gasteiger partial charge in [0.15, 0.2) is 0 Å². The minimum Gasteiger partial charge on any atom is -0.368 e. The number of amides is 3. The van der Waals surface area contributed by atoms with E-state index < -0.39 is 0 Å². The lowest BCUT2D eigenvalue weighted by Crippen LogP contribution is -2.34. The highest BCUT2D eigenvalue weighted by Crippen LogP contribution is 2.13. The molecule has 6 heteroatoms. The van der Waals surface area contributed by atoms with Crippen molar-refractivity contribution in [2.24, 2.45) is 0 Å². The summed E-state index contributed by atoms with van der Waals surface area (Å²) in [4.78, 5) is 23.4. The van der Waals surface area contributed by atoms with Gasteiger partial charge in [-0.3, -0.25) is 4.79 Å². The Kier molecular flexibility index (Phi) is 5.77. The molecule has 0 aromatic heterocycles. The van der Waals surface area contributed by atoms with Crippen molar-refractivity contribution in [3.05, 3.63) is 29.8 Å². The maximum absolute atomic E-state index is 11.8. The van der Waals surface area contributed by atoms with Gasteiger partial charge in [-0.15, -0.1) is 0 Å². The minimum atomic E-state index is -0.305. The van der Waals surface area contributed by atoms with Crippen LogP contribution in [0.2, 0.25) is 0 Å². The zero-order chi connectivity index (χ0) is 15.9. The summed E-state index contributed by atoms with van der Waals surface area (Å²) in [6.07, 6.45) is 1.43. The lowest BCUT2D eigenvalue weighted by atomic mass is 10.2. The fraction of sp³-hybridized carbons (Fsp3) is 0.500. The molecule has 0 radical (unpaired) electrons. The van der Waals surface area contributed by atoms with E-state index in [-0.39, 0.29) is 24.1 Å². The van der Waals surface area contributed by atoms with Crippen LogP contribution in [0.3, 0.4) is 0 Å². The zero-order valence-corrected chi connectivity index (χ0v) is 13.0. The molecule has 22 heavy (non-hydrogen) atoms. The van der Waals surface area contributed by atoms with Crippen molar-refractivity contribution in [3.63, 3.8) is 0 Å². The summed E-state index contributed by atoms with van der Waals surface area (Å²) >= 11 is 0. The van der Waals surface area contributed by atoms with Crippen LogP contribution < -0.4 is 16.0 Å². The van der Waals surface area contributed by atoms with Crippen molar-refractivity contribution in [2.45, 2.75) is 45.4 Å². The predicted molar refractivity (Wildman–Crippen MR) is 84.6 cm³/mol. The molecule has 120 valence electrons. The molecular weight excluding hydrogens is 282 g/mol. The summed E-state index contributed by atoms with van der Waals surface area (Å²) in [6.45, 7) is 4.92. The molecule has 0 saturated carbocycles. The molecular formula is C16H23N3O3. The molecule has 1 aromatic carbocycles. The van der Waals surface area contributed by atoms with Crippen LogP contribution in [0.5, 0.6) is 0 Å². The molecule has 1 heterocycles. The maximum Gasteiger partial charge on any atom is 0.319 e. The van der Waals surface area contributed by atoms with E-state index in [1.165, 1.54) is 0 Å². The third-order valence-electron chi connectivity index (χ3n) is 3.32. The first-order valence-corrected chi connectivity index (χ1v) is 7.60. The van der Waals surface area contributed by atoms with E-state index in [0.717, 1.165) is 18.4 Å². The van der Waals surface area contributed by atoms with Crippen LogP contribution in [0, 0.1) is 0 Å². The summed E-state index contributed by atoms with van der Waals surface area (Å²) in [5.74, 6) is -0.0592. The van der Waals surface area contributed by atoms with Gasteiger partial charge < -0.3 is 20.7 Å². The molecule has 3 amide bonds. The molecule has 1 aliphatic rings. The Labute approximate surface area is 130 Å². The summed E-state index contributed by atoms with van der Waals surface area (Å²) in [5.41, 5.74) is 1.69. The molecule has 1 saturated heterocycles. The van der Waals surface area contributed by atoms with E-state index in [0.29, 0.717) is 18.8 Å². The van der Waals surface area contributed by atoms with E-state index in [2.05, 4.69) is 16.0 Å². The molecule has 0 bridgehead atoms. The highest BCUT2D eigenvalue weighted by atomic mass is 16.5. The van der Waals surface area contributed by atoms with Gasteiger partial charge in [0.25, 0.3) is 0 Å². The Morgan fingerprint density at radius 3 is 2.59 bits per heavy atom. The lowest BCUT2D eigenvalue weighted by molar-refractivity contribution is -0.130. The zero-order valence-electron chi connectivity index (χ0n) is 13.0. The number of nitrogens with one attached hydrogen (secondary N) is 3. The Morgan fingerprint density at radius 1 is 1.27 bits per heavy atom. The fourth-order valence-corrected chi connectivity index (χ4v) is 2.22. The van der Waals surface area contributed by atoms with Crippen LogP contribution in [0.1, 0.15) is 32.3 Å². The Balaban J connectivity index is 1.78. The average molecular weight is 305 g/mol. The van der Waals surface area contributed by atoms with E-state index >= 15 is 0 Å². The van der Waals surface area contributed by atoms with Crippen molar-refractivity contribution >= 4 is 17.6 Å². The summed E-state index contributed by atoms with van der Waals surface area (Å²) in [5, 5.41) is 8.37. The van der Waals surface area contributed by atoms with E-state index in [9.17, 15) is 9.59 Å². The highest BCUT2D eigenvalue weighted by molar-refractivity contribution is 5.89. The summed E-state index contributed by atoms with van der Waals surface area (Å²) in [7, 11) is 0. The number of anilines is 1. The normalized spacial score (nSPS) is 17.3. The van der Waals surface area contributed by atoms with Gasteiger partial charge in [-0.25, -0.2) is 4.79 Å². The topological polar surface area (TPSA) is 79.5 Å². The molecule has 1 atom stereocenters. The predicted octanol–water partition coefficient (Wildman–Crippen LogP) is 2.01. The molecule has 1 aliphatic heterocycles. The standard InChI is InChI=1S/C16H23N3O3/c1-11(2)18-16(21)19-13-7-5-12(6-8-13)10-17-15(20)14-4-3-9-22-14/h5-8,11,14H,3-4,9-10H2,1-2H3,(H,17,20)(H2,18,19,21). The van der Waals surface area contributed by atoms with Crippen LogP contribution in [-0.2, 0) is 16.1 Å². The van der Waals surface area contributed by atoms with Crippen LogP contribution >= 0.6 is 0 Å². The van der Waals surface area contributed by atoms with Gasteiger partial charge in [-0.05, 0) is 44.4 Å². The second-order valence-corrected chi connectivity index (χ2v) is 5.67. The molecule has 0 aliphatic carbocycles. The van der Waals surface area contributed by atoms with Crippen molar-refractivity contribution < 1.29 is 14.3 Å². The molecule has 0 spiro atoms.